The third kappa shape index (κ3) is 7.18. The molecule has 1 unspecified atom stereocenters. The van der Waals surface area contributed by atoms with E-state index in [0.29, 0.717) is 0 Å². The highest BCUT2D eigenvalue weighted by Crippen LogP contribution is 2.25. The van der Waals surface area contributed by atoms with Crippen molar-refractivity contribution in [2.75, 3.05) is 0 Å². The molecule has 0 spiro atoms. The first-order valence-electron chi connectivity index (χ1n) is 5.25. The average Bonchev–Trinajstić information content (AvgIpc) is 2.20. The second-order valence-electron chi connectivity index (χ2n) is 3.69. The number of halogens is 3. The SMILES string of the molecule is CCC1CCCCC1.NC(F)C(F)F. The molecule has 0 saturated heterocycles. The van der Waals surface area contributed by atoms with Crippen LogP contribution in [-0.4, -0.2) is 12.7 Å². The van der Waals surface area contributed by atoms with Gasteiger partial charge in [0.1, 0.15) is 0 Å². The maximum Gasteiger partial charge on any atom is 0.282 e. The Bertz CT molecular complexity index is 117. The molecule has 14 heavy (non-hydrogen) atoms. The Hall–Kier alpha value is -0.250. The van der Waals surface area contributed by atoms with Crippen molar-refractivity contribution in [3.05, 3.63) is 0 Å². The molecule has 1 fully saturated rings. The summed E-state index contributed by atoms with van der Waals surface area (Å²) in [6, 6.07) is 0. The molecular weight excluding hydrogens is 191 g/mol. The molecule has 4 heteroatoms. The van der Waals surface area contributed by atoms with Gasteiger partial charge >= 0.3 is 0 Å². The van der Waals surface area contributed by atoms with Crippen molar-refractivity contribution in [2.24, 2.45) is 11.7 Å². The lowest BCUT2D eigenvalue weighted by molar-refractivity contribution is 0.0537. The fourth-order valence-corrected chi connectivity index (χ4v) is 1.60. The normalized spacial score (nSPS) is 20.1. The van der Waals surface area contributed by atoms with Crippen LogP contribution in [0.15, 0.2) is 0 Å². The van der Waals surface area contributed by atoms with Crippen molar-refractivity contribution in [3.8, 4) is 0 Å². The van der Waals surface area contributed by atoms with Gasteiger partial charge in [0.25, 0.3) is 6.43 Å². The monoisotopic (exact) mass is 211 g/mol. The Labute approximate surface area is 83.9 Å². The van der Waals surface area contributed by atoms with Gasteiger partial charge in [-0.15, -0.1) is 0 Å². The van der Waals surface area contributed by atoms with Gasteiger partial charge in [0.05, 0.1) is 0 Å². The third-order valence-electron chi connectivity index (χ3n) is 2.54. The predicted octanol–water partition coefficient (Wildman–Crippen LogP) is 3.48. The maximum absolute atomic E-state index is 10.9. The van der Waals surface area contributed by atoms with Gasteiger partial charge in [0.15, 0.2) is 0 Å². The minimum absolute atomic E-state index is 1.09. The molecule has 1 atom stereocenters. The molecule has 0 amide bonds. The number of alkyl halides is 3. The van der Waals surface area contributed by atoms with Crippen LogP contribution >= 0.6 is 0 Å². The minimum Gasteiger partial charge on any atom is -0.297 e. The highest BCUT2D eigenvalue weighted by molar-refractivity contribution is 4.63. The van der Waals surface area contributed by atoms with Crippen LogP contribution in [0.4, 0.5) is 13.2 Å². The third-order valence-corrected chi connectivity index (χ3v) is 2.54. The zero-order chi connectivity index (χ0) is 11.0. The molecule has 0 aliphatic heterocycles. The Morgan fingerprint density at radius 2 is 1.57 bits per heavy atom. The smallest absolute Gasteiger partial charge is 0.282 e. The second-order valence-corrected chi connectivity index (χ2v) is 3.69. The fourth-order valence-electron chi connectivity index (χ4n) is 1.60. The summed E-state index contributed by atoms with van der Waals surface area (Å²) in [5.41, 5.74) is 4.02. The van der Waals surface area contributed by atoms with Crippen molar-refractivity contribution in [2.45, 2.75) is 58.2 Å². The Kier molecular flexibility index (Phi) is 7.95. The van der Waals surface area contributed by atoms with E-state index in [-0.39, 0.29) is 0 Å². The second kappa shape index (κ2) is 8.09. The number of nitrogens with two attached hydrogens (primary N) is 1. The maximum atomic E-state index is 10.9. The van der Waals surface area contributed by atoms with Gasteiger partial charge in [-0.05, 0) is 5.92 Å². The molecule has 0 aromatic rings. The molecule has 0 aromatic carbocycles. The van der Waals surface area contributed by atoms with Gasteiger partial charge in [0, 0.05) is 0 Å². The quantitative estimate of drug-likeness (QED) is 0.695. The van der Waals surface area contributed by atoms with Crippen LogP contribution in [0, 0.1) is 5.92 Å². The van der Waals surface area contributed by atoms with Crippen molar-refractivity contribution >= 4 is 0 Å². The Morgan fingerprint density at radius 3 is 1.79 bits per heavy atom. The van der Waals surface area contributed by atoms with Crippen LogP contribution in [-0.2, 0) is 0 Å². The van der Waals surface area contributed by atoms with E-state index in [4.69, 9.17) is 0 Å². The van der Waals surface area contributed by atoms with Gasteiger partial charge in [-0.3, -0.25) is 5.73 Å². The highest BCUT2D eigenvalue weighted by atomic mass is 19.3. The number of hydrogen-bond acceptors (Lipinski definition) is 1. The number of hydrogen-bond donors (Lipinski definition) is 1. The van der Waals surface area contributed by atoms with Crippen LogP contribution in [0.1, 0.15) is 45.4 Å². The van der Waals surface area contributed by atoms with E-state index in [1.54, 1.807) is 0 Å². The summed E-state index contributed by atoms with van der Waals surface area (Å²) in [4.78, 5) is 0. The van der Waals surface area contributed by atoms with Crippen molar-refractivity contribution in [3.63, 3.8) is 0 Å². The van der Waals surface area contributed by atoms with Gasteiger partial charge in [-0.25, -0.2) is 13.2 Å². The molecule has 0 radical (unpaired) electrons. The first kappa shape index (κ1) is 13.8. The van der Waals surface area contributed by atoms with Gasteiger partial charge in [-0.1, -0.05) is 45.4 Å². The molecule has 1 saturated carbocycles. The van der Waals surface area contributed by atoms with Crippen LogP contribution < -0.4 is 5.73 Å². The summed E-state index contributed by atoms with van der Waals surface area (Å²) in [6.07, 6.45) is 3.41. The average molecular weight is 211 g/mol. The van der Waals surface area contributed by atoms with E-state index in [1.807, 2.05) is 0 Å². The lowest BCUT2D eigenvalue weighted by Crippen LogP contribution is -2.22. The first-order chi connectivity index (χ1) is 6.57. The van der Waals surface area contributed by atoms with E-state index < -0.39 is 12.7 Å². The molecule has 0 bridgehead atoms. The van der Waals surface area contributed by atoms with E-state index >= 15 is 0 Å². The van der Waals surface area contributed by atoms with Crippen LogP contribution in [0.2, 0.25) is 0 Å². The van der Waals surface area contributed by atoms with Gasteiger partial charge < -0.3 is 0 Å². The zero-order valence-electron chi connectivity index (χ0n) is 8.69. The van der Waals surface area contributed by atoms with Crippen molar-refractivity contribution < 1.29 is 13.2 Å². The largest absolute Gasteiger partial charge is 0.297 e. The van der Waals surface area contributed by atoms with E-state index in [1.165, 1.54) is 38.5 Å². The summed E-state index contributed by atoms with van der Waals surface area (Å²) in [7, 11) is 0. The molecule has 1 nitrogen and oxygen atoms in total. The first-order valence-corrected chi connectivity index (χ1v) is 5.25. The summed E-state index contributed by atoms with van der Waals surface area (Å²) < 4.78 is 32.2. The zero-order valence-corrected chi connectivity index (χ0v) is 8.69. The van der Waals surface area contributed by atoms with Crippen LogP contribution in [0.5, 0.6) is 0 Å². The molecule has 86 valence electrons. The standard InChI is InChI=1S/C8H16.C2H4F3N/c1-2-8-6-4-3-5-7-8;3-1(4)2(5)6/h8H,2-7H2,1H3;1-2H,6H2. The lowest BCUT2D eigenvalue weighted by atomic mass is 9.88. The number of rotatable bonds is 2. The topological polar surface area (TPSA) is 26.0 Å². The van der Waals surface area contributed by atoms with Gasteiger partial charge in [-0.2, -0.15) is 0 Å². The molecule has 0 heterocycles. The Balaban J connectivity index is 0.000000255. The van der Waals surface area contributed by atoms with Crippen molar-refractivity contribution in [1.82, 2.24) is 0 Å². The van der Waals surface area contributed by atoms with Crippen LogP contribution in [0.3, 0.4) is 0 Å². The van der Waals surface area contributed by atoms with Crippen LogP contribution in [0.25, 0.3) is 0 Å². The lowest BCUT2D eigenvalue weighted by Gasteiger charge is -2.18. The van der Waals surface area contributed by atoms with E-state index in [0.717, 1.165) is 5.92 Å². The molecule has 1 aliphatic carbocycles. The molecule has 2 N–H and O–H groups in total. The van der Waals surface area contributed by atoms with E-state index in [2.05, 4.69) is 12.7 Å². The molecule has 1 aliphatic rings. The van der Waals surface area contributed by atoms with Gasteiger partial charge in [0.2, 0.25) is 6.30 Å². The molecular formula is C10H20F3N. The van der Waals surface area contributed by atoms with Crippen molar-refractivity contribution in [1.29, 1.82) is 0 Å². The highest BCUT2D eigenvalue weighted by Gasteiger charge is 2.11. The minimum atomic E-state index is -3.04. The summed E-state index contributed by atoms with van der Waals surface area (Å²) in [5, 5.41) is 0. The summed E-state index contributed by atoms with van der Waals surface area (Å²) in [6.45, 7) is 2.32. The summed E-state index contributed by atoms with van der Waals surface area (Å²) in [5.74, 6) is 1.09. The molecule has 0 aromatic heterocycles. The fraction of sp³-hybridized carbons (Fsp3) is 1.00. The summed E-state index contributed by atoms with van der Waals surface area (Å²) >= 11 is 0. The molecule has 1 rings (SSSR count). The van der Waals surface area contributed by atoms with E-state index in [9.17, 15) is 13.2 Å². The predicted molar refractivity (Wildman–Crippen MR) is 52.0 cm³/mol. The Morgan fingerprint density at radius 1 is 1.14 bits per heavy atom.